The van der Waals surface area contributed by atoms with Crippen LogP contribution in [0, 0.1) is 12.7 Å². The summed E-state index contributed by atoms with van der Waals surface area (Å²) in [6, 6.07) is 28.2. The van der Waals surface area contributed by atoms with Crippen LogP contribution in [0.3, 0.4) is 0 Å². The van der Waals surface area contributed by atoms with E-state index in [0.29, 0.717) is 16.5 Å². The van der Waals surface area contributed by atoms with Gasteiger partial charge in [0.05, 0.1) is 0 Å². The molecule has 0 aliphatic heterocycles. The Morgan fingerprint density at radius 2 is 1.50 bits per heavy atom. The quantitative estimate of drug-likeness (QED) is 0.227. The van der Waals surface area contributed by atoms with E-state index in [1.165, 1.54) is 12.1 Å². The molecule has 4 aromatic carbocycles. The molecule has 0 aliphatic rings. The number of hydrogen-bond acceptors (Lipinski definition) is 3. The molecule has 1 N–H and O–H groups in total. The molecule has 0 heterocycles. The summed E-state index contributed by atoms with van der Waals surface area (Å²) < 4.78 is 18.9. The molecule has 0 saturated heterocycles. The summed E-state index contributed by atoms with van der Waals surface area (Å²) in [5.74, 6) is -0.0238. The van der Waals surface area contributed by atoms with Crippen LogP contribution >= 0.6 is 23.4 Å². The molecule has 0 aromatic heterocycles. The van der Waals surface area contributed by atoms with E-state index in [1.54, 1.807) is 30.0 Å². The molecule has 0 atom stereocenters. The molecule has 4 rings (SSSR count). The van der Waals surface area contributed by atoms with Crippen molar-refractivity contribution in [2.75, 3.05) is 12.4 Å². The number of halogens is 2. The van der Waals surface area contributed by atoms with Gasteiger partial charge in [-0.1, -0.05) is 66.2 Å². The van der Waals surface area contributed by atoms with Crippen LogP contribution in [0.25, 0.3) is 16.7 Å². The van der Waals surface area contributed by atoms with Crippen molar-refractivity contribution in [1.82, 2.24) is 0 Å². The monoisotopic (exact) mass is 518 g/mol. The van der Waals surface area contributed by atoms with Crippen LogP contribution in [0.5, 0.6) is 5.75 Å². The fourth-order valence-electron chi connectivity index (χ4n) is 3.75. The Hall–Kier alpha value is -3.54. The fraction of sp³-hybridized carbons (Fsp3) is 0.100. The highest BCUT2D eigenvalue weighted by Gasteiger charge is 2.08. The summed E-state index contributed by atoms with van der Waals surface area (Å²) in [5.41, 5.74) is 6.03. The molecular weight excluding hydrogens is 495 g/mol. The maximum Gasteiger partial charge on any atom is 0.341 e. The first-order valence-corrected chi connectivity index (χ1v) is 12.7. The van der Waals surface area contributed by atoms with Gasteiger partial charge >= 0.3 is 5.97 Å². The number of aryl methyl sites for hydroxylation is 1. The first kappa shape index (κ1) is 25.5. The second kappa shape index (κ2) is 11.9. The van der Waals surface area contributed by atoms with Gasteiger partial charge in [0.15, 0.2) is 6.61 Å². The SMILES string of the molecule is Cc1cc(SC/C=C(/c2ccc(F)cc2)c2ccc(-c3ccc(Cl)cc3)cc2)ccc1OCC(=O)O. The van der Waals surface area contributed by atoms with Crippen LogP contribution in [0.4, 0.5) is 4.39 Å². The zero-order valence-electron chi connectivity index (χ0n) is 19.6. The van der Waals surface area contributed by atoms with Gasteiger partial charge in [0.25, 0.3) is 0 Å². The van der Waals surface area contributed by atoms with Crippen LogP contribution in [0.1, 0.15) is 16.7 Å². The minimum absolute atomic E-state index is 0.272. The number of hydrogen-bond donors (Lipinski definition) is 1. The second-order valence-electron chi connectivity index (χ2n) is 8.13. The zero-order chi connectivity index (χ0) is 25.5. The molecule has 0 amide bonds. The molecule has 6 heteroatoms. The standard InChI is InChI=1S/C30H24ClFO3S/c1-20-18-27(14-15-29(20)35-19-30(33)34)36-17-16-28(24-8-12-26(32)13-9-24)23-4-2-21(3-5-23)22-6-10-25(31)11-7-22/h2-16,18H,17,19H2,1H3,(H,33,34)/b28-16+. The minimum Gasteiger partial charge on any atom is -0.482 e. The average molecular weight is 519 g/mol. The predicted molar refractivity (Wildman–Crippen MR) is 145 cm³/mol. The van der Waals surface area contributed by atoms with Crippen LogP contribution < -0.4 is 4.74 Å². The summed E-state index contributed by atoms with van der Waals surface area (Å²) in [7, 11) is 0. The largest absolute Gasteiger partial charge is 0.482 e. The molecule has 0 unspecified atom stereocenters. The van der Waals surface area contributed by atoms with Crippen LogP contribution in [0.2, 0.25) is 5.02 Å². The van der Waals surface area contributed by atoms with E-state index in [0.717, 1.165) is 38.3 Å². The van der Waals surface area contributed by atoms with E-state index >= 15 is 0 Å². The minimum atomic E-state index is -1.01. The highest BCUT2D eigenvalue weighted by Crippen LogP contribution is 2.30. The molecule has 3 nitrogen and oxygen atoms in total. The van der Waals surface area contributed by atoms with Gasteiger partial charge in [-0.05, 0) is 82.8 Å². The average Bonchev–Trinajstić information content (AvgIpc) is 2.87. The van der Waals surface area contributed by atoms with Crippen molar-refractivity contribution in [3.05, 3.63) is 125 Å². The lowest BCUT2D eigenvalue weighted by Crippen LogP contribution is -2.09. The summed E-state index contributed by atoms with van der Waals surface area (Å²) in [6.07, 6.45) is 2.14. The number of aliphatic carboxylic acids is 1. The van der Waals surface area contributed by atoms with Gasteiger partial charge in [-0.3, -0.25) is 0 Å². The molecule has 0 radical (unpaired) electrons. The van der Waals surface area contributed by atoms with Gasteiger partial charge < -0.3 is 9.84 Å². The normalized spacial score (nSPS) is 11.4. The topological polar surface area (TPSA) is 46.5 Å². The third-order valence-corrected chi connectivity index (χ3v) is 6.74. The summed E-state index contributed by atoms with van der Waals surface area (Å²) in [6.45, 7) is 1.52. The van der Waals surface area contributed by atoms with Crippen molar-refractivity contribution < 1.29 is 19.0 Å². The first-order valence-electron chi connectivity index (χ1n) is 11.3. The Labute approximate surface area is 219 Å². The highest BCUT2D eigenvalue weighted by molar-refractivity contribution is 7.99. The number of thioether (sulfide) groups is 1. The highest BCUT2D eigenvalue weighted by atomic mass is 35.5. The number of carboxylic acid groups (broad SMARTS) is 1. The van der Waals surface area contributed by atoms with Gasteiger partial charge in [-0.2, -0.15) is 0 Å². The van der Waals surface area contributed by atoms with Crippen molar-refractivity contribution >= 4 is 34.9 Å². The summed E-state index contributed by atoms with van der Waals surface area (Å²) >= 11 is 7.67. The molecular formula is C30H24ClFO3S. The van der Waals surface area contributed by atoms with Crippen molar-refractivity contribution in [2.24, 2.45) is 0 Å². The molecule has 0 aliphatic carbocycles. The maximum absolute atomic E-state index is 13.6. The van der Waals surface area contributed by atoms with E-state index in [2.05, 4.69) is 30.3 Å². The van der Waals surface area contributed by atoms with Gasteiger partial charge in [-0.25, -0.2) is 9.18 Å². The Balaban J connectivity index is 1.55. The van der Waals surface area contributed by atoms with Crippen molar-refractivity contribution in [3.63, 3.8) is 0 Å². The third-order valence-electron chi connectivity index (χ3n) is 5.56. The molecule has 36 heavy (non-hydrogen) atoms. The molecule has 0 spiro atoms. The molecule has 4 aromatic rings. The zero-order valence-corrected chi connectivity index (χ0v) is 21.2. The van der Waals surface area contributed by atoms with E-state index in [-0.39, 0.29) is 12.4 Å². The van der Waals surface area contributed by atoms with Crippen molar-refractivity contribution in [3.8, 4) is 16.9 Å². The maximum atomic E-state index is 13.6. The van der Waals surface area contributed by atoms with Crippen LogP contribution in [-0.2, 0) is 4.79 Å². The number of carboxylic acids is 1. The van der Waals surface area contributed by atoms with Crippen LogP contribution in [0.15, 0.2) is 102 Å². The first-order chi connectivity index (χ1) is 17.4. The summed E-state index contributed by atoms with van der Waals surface area (Å²) in [5, 5.41) is 9.51. The lowest BCUT2D eigenvalue weighted by Gasteiger charge is -2.11. The van der Waals surface area contributed by atoms with E-state index in [9.17, 15) is 9.18 Å². The Kier molecular flexibility index (Phi) is 8.47. The number of benzene rings is 4. The predicted octanol–water partition coefficient (Wildman–Crippen LogP) is 8.14. The second-order valence-corrected chi connectivity index (χ2v) is 9.66. The Morgan fingerprint density at radius 3 is 2.08 bits per heavy atom. The molecule has 0 bridgehead atoms. The lowest BCUT2D eigenvalue weighted by atomic mass is 9.95. The van der Waals surface area contributed by atoms with Gasteiger partial charge in [0, 0.05) is 15.7 Å². The van der Waals surface area contributed by atoms with Crippen LogP contribution in [-0.4, -0.2) is 23.4 Å². The molecule has 0 fully saturated rings. The number of carbonyl (C=O) groups is 1. The number of rotatable bonds is 9. The fourth-order valence-corrected chi connectivity index (χ4v) is 4.74. The Morgan fingerprint density at radius 1 is 0.917 bits per heavy atom. The Bertz CT molecular complexity index is 1370. The third kappa shape index (κ3) is 6.78. The lowest BCUT2D eigenvalue weighted by molar-refractivity contribution is -0.139. The molecule has 0 saturated carbocycles. The van der Waals surface area contributed by atoms with Gasteiger partial charge in [0.2, 0.25) is 0 Å². The van der Waals surface area contributed by atoms with Crippen molar-refractivity contribution in [2.45, 2.75) is 11.8 Å². The molecule has 182 valence electrons. The van der Waals surface area contributed by atoms with E-state index in [1.807, 2.05) is 43.3 Å². The summed E-state index contributed by atoms with van der Waals surface area (Å²) in [4.78, 5) is 11.8. The van der Waals surface area contributed by atoms with E-state index in [4.69, 9.17) is 21.4 Å². The van der Waals surface area contributed by atoms with Gasteiger partial charge in [0.1, 0.15) is 11.6 Å². The van der Waals surface area contributed by atoms with Gasteiger partial charge in [-0.15, -0.1) is 11.8 Å². The van der Waals surface area contributed by atoms with Crippen molar-refractivity contribution in [1.29, 1.82) is 0 Å². The van der Waals surface area contributed by atoms with E-state index < -0.39 is 5.97 Å². The number of ether oxygens (including phenoxy) is 1. The smallest absolute Gasteiger partial charge is 0.341 e.